The second kappa shape index (κ2) is 65.2. The Labute approximate surface area is 802 Å². The lowest BCUT2D eigenvalue weighted by atomic mass is 9.78. The van der Waals surface area contributed by atoms with Gasteiger partial charge in [0, 0.05) is 0 Å². The molecule has 16 aromatic rings. The molecule has 10 atom stereocenters. The van der Waals surface area contributed by atoms with Crippen molar-refractivity contribution in [2.24, 2.45) is 17.8 Å². The van der Waals surface area contributed by atoms with Crippen LogP contribution in [-0.4, -0.2) is 0 Å². The Morgan fingerprint density at radius 3 is 0.947 bits per heavy atom. The number of hydrogen-bond acceptors (Lipinski definition) is 0. The molecule has 0 fully saturated rings. The number of hydrogen-bond donors (Lipinski definition) is 0. The van der Waals surface area contributed by atoms with Gasteiger partial charge in [0.15, 0.2) is 0 Å². The van der Waals surface area contributed by atoms with E-state index in [-0.39, 0.29) is 0 Å². The van der Waals surface area contributed by atoms with Gasteiger partial charge >= 0.3 is 0 Å². The van der Waals surface area contributed by atoms with Crippen molar-refractivity contribution < 1.29 is 0 Å². The molecule has 0 amide bonds. The Bertz CT molecular complexity index is 5610. The van der Waals surface area contributed by atoms with Gasteiger partial charge in [-0.25, -0.2) is 0 Å². The van der Waals surface area contributed by atoms with Crippen LogP contribution in [0.5, 0.6) is 0 Å². The van der Waals surface area contributed by atoms with E-state index in [9.17, 15) is 0 Å². The molecule has 0 saturated carbocycles. The van der Waals surface area contributed by atoms with Gasteiger partial charge in [-0.05, 0) is 277 Å². The highest BCUT2D eigenvalue weighted by molar-refractivity contribution is 6.08. The molecule has 0 heteroatoms. The Hall–Kier alpha value is -10.4. The Balaban J connectivity index is 0.000000379. The van der Waals surface area contributed by atoms with Crippen molar-refractivity contribution in [3.05, 3.63) is 383 Å². The Morgan fingerprint density at radius 2 is 0.489 bits per heavy atom. The summed E-state index contributed by atoms with van der Waals surface area (Å²) in [5, 5.41) is 21.7. The van der Waals surface area contributed by atoms with Gasteiger partial charge in [-0.1, -0.05) is 531 Å². The fourth-order valence-electron chi connectivity index (χ4n) is 16.6. The molecule has 2 aliphatic carbocycles. The molecule has 0 spiro atoms. The minimum Gasteiger partial charge on any atom is -0.0683 e. The summed E-state index contributed by atoms with van der Waals surface area (Å²) in [5.41, 5.74) is 15.0. The topological polar surface area (TPSA) is 0 Å². The number of benzene rings is 16. The van der Waals surface area contributed by atoms with Crippen LogP contribution in [0.3, 0.4) is 0 Å². The summed E-state index contributed by atoms with van der Waals surface area (Å²) < 4.78 is 0. The minimum atomic E-state index is 0.598. The third kappa shape index (κ3) is 34.3. The van der Waals surface area contributed by atoms with E-state index >= 15 is 0 Å². The molecule has 10 unspecified atom stereocenters. The van der Waals surface area contributed by atoms with Gasteiger partial charge in [0.25, 0.3) is 0 Å². The maximum Gasteiger partial charge on any atom is -0.0103 e. The van der Waals surface area contributed by atoms with Crippen LogP contribution < -0.4 is 0 Å². The van der Waals surface area contributed by atoms with E-state index in [0.29, 0.717) is 35.5 Å². The van der Waals surface area contributed by atoms with E-state index in [4.69, 9.17) is 0 Å². The number of rotatable bonds is 12. The Kier molecular flexibility index (Phi) is 57.1. The maximum absolute atomic E-state index is 2.37. The fourth-order valence-corrected chi connectivity index (χ4v) is 16.6. The first-order valence-electron chi connectivity index (χ1n) is 51.8. The molecule has 2 aliphatic rings. The fraction of sp³-hybridized carbons (Fsp3) is 0.389. The molecule has 0 heterocycles. The van der Waals surface area contributed by atoms with Crippen LogP contribution in [-0.2, 0) is 19.3 Å². The molecule has 18 rings (SSSR count). The Morgan fingerprint density at radius 1 is 0.198 bits per heavy atom. The first kappa shape index (κ1) is 115. The summed E-state index contributed by atoms with van der Waals surface area (Å²) in [6.45, 7) is 68.6. The summed E-state index contributed by atoms with van der Waals surface area (Å²) in [7, 11) is 0. The quantitative estimate of drug-likeness (QED) is 0.0845. The van der Waals surface area contributed by atoms with Crippen molar-refractivity contribution in [3.8, 4) is 0 Å². The lowest BCUT2D eigenvalue weighted by Crippen LogP contribution is -2.20. The first-order chi connectivity index (χ1) is 63.9. The molecule has 0 aromatic heterocycles. The first-order valence-corrected chi connectivity index (χ1v) is 51.8. The van der Waals surface area contributed by atoms with E-state index in [1.54, 1.807) is 22.3 Å². The van der Waals surface area contributed by atoms with Crippen molar-refractivity contribution >= 4 is 86.2 Å². The standard InChI is InChI=1S/3C18H18.2C14H16.C12H16.C11H14.C10H14.8C2H6/c1-3-13(2)18-16-10-6-4-8-14(16)12-15-9-5-7-11-17(15)18;1-3-13(2)14-8-9-17-11-15-6-4-5-7-16(15)12-18(17)10-14;1-3-13(2)16-11-10-15-9-8-14-6-4-5-7-17(14)18(15)12-16;1-3-11(2)13-10-6-8-12-7-4-5-9-14(12)13;1-3-11(2)13-9-8-12-6-4-5-7-14(12)10-13;1-9-7-11-5-3-4-6-12(11)8-10(9)2;1-8-7-10-5-3-4-6-11(10)9(8)2;1-3-9(2)10-7-5-4-6-8-10;8*1-2/h3*4-13H,3H2,1-2H3;2*4-11H,3H2,1-2H3;3-6,9-10H,7-8H2,1-2H3;3-6,8-9H,7H2,1-2H3;4-9H,3H2,1-2H3;8*1-2H3. The molecule has 702 valence electrons. The zero-order chi connectivity index (χ0) is 97.3. The zero-order valence-corrected chi connectivity index (χ0v) is 88.3. The van der Waals surface area contributed by atoms with Crippen LogP contribution in [0.2, 0.25) is 0 Å². The molecular formula is C131H178. The van der Waals surface area contributed by atoms with Crippen LogP contribution in [0.15, 0.2) is 328 Å². The second-order valence-corrected chi connectivity index (χ2v) is 33.5. The molecule has 16 aromatic carbocycles. The largest absolute Gasteiger partial charge is 0.0683 e. The molecule has 0 radical (unpaired) electrons. The van der Waals surface area contributed by atoms with Gasteiger partial charge in [0.05, 0.1) is 0 Å². The van der Waals surface area contributed by atoms with E-state index in [0.717, 1.165) is 23.7 Å². The van der Waals surface area contributed by atoms with Crippen molar-refractivity contribution in [1.82, 2.24) is 0 Å². The van der Waals surface area contributed by atoms with Crippen molar-refractivity contribution in [3.63, 3.8) is 0 Å². The zero-order valence-electron chi connectivity index (χ0n) is 88.3. The summed E-state index contributed by atoms with van der Waals surface area (Å²) in [6, 6.07) is 119. The highest BCUT2D eigenvalue weighted by atomic mass is 14.3. The molecule has 0 N–H and O–H groups in total. The van der Waals surface area contributed by atoms with Crippen molar-refractivity contribution in [1.29, 1.82) is 0 Å². The van der Waals surface area contributed by atoms with Crippen LogP contribution in [0.4, 0.5) is 0 Å². The molecule has 131 heavy (non-hydrogen) atoms. The van der Waals surface area contributed by atoms with Crippen molar-refractivity contribution in [2.75, 3.05) is 0 Å². The summed E-state index contributed by atoms with van der Waals surface area (Å²) in [5.74, 6) is 7.23. The van der Waals surface area contributed by atoms with E-state index < -0.39 is 0 Å². The van der Waals surface area contributed by atoms with E-state index in [2.05, 4.69) is 438 Å². The predicted octanol–water partition coefficient (Wildman–Crippen LogP) is 42.7. The van der Waals surface area contributed by atoms with Gasteiger partial charge in [-0.2, -0.15) is 0 Å². The summed E-state index contributed by atoms with van der Waals surface area (Å²) in [6.07, 6.45) is 11.0. The highest BCUT2D eigenvalue weighted by Crippen LogP contribution is 2.39. The normalized spacial score (nSPS) is 14.5. The highest BCUT2D eigenvalue weighted by Gasteiger charge is 2.25. The van der Waals surface area contributed by atoms with Gasteiger partial charge in [0.1, 0.15) is 0 Å². The van der Waals surface area contributed by atoms with Crippen LogP contribution in [0.25, 0.3) is 86.2 Å². The monoisotopic (exact) mass is 1750 g/mol. The molecule has 0 aliphatic heterocycles. The van der Waals surface area contributed by atoms with Gasteiger partial charge in [-0.3, -0.25) is 0 Å². The molecule has 0 bridgehead atoms. The van der Waals surface area contributed by atoms with Crippen LogP contribution >= 0.6 is 0 Å². The molecule has 0 nitrogen and oxygen atoms in total. The predicted molar refractivity (Wildman–Crippen MR) is 602 cm³/mol. The molecular weight excluding hydrogens is 1570 g/mol. The third-order valence-electron chi connectivity index (χ3n) is 25.8. The van der Waals surface area contributed by atoms with Crippen LogP contribution in [0, 0.1) is 17.8 Å². The van der Waals surface area contributed by atoms with Gasteiger partial charge in [-0.15, -0.1) is 0 Å². The van der Waals surface area contributed by atoms with Crippen molar-refractivity contribution in [2.45, 2.75) is 321 Å². The molecule has 0 saturated heterocycles. The van der Waals surface area contributed by atoms with E-state index in [1.807, 2.05) is 111 Å². The minimum absolute atomic E-state index is 0.598. The second-order valence-electron chi connectivity index (χ2n) is 33.5. The lowest BCUT2D eigenvalue weighted by molar-refractivity contribution is 0.361. The smallest absolute Gasteiger partial charge is 0.0103 e. The average Bonchev–Trinajstić information content (AvgIpc) is 1.13. The number of fused-ring (bicyclic) bond motifs is 11. The van der Waals surface area contributed by atoms with Crippen LogP contribution in [0.1, 0.15) is 357 Å². The lowest BCUT2D eigenvalue weighted by Gasteiger charge is -2.27. The van der Waals surface area contributed by atoms with E-state index in [1.165, 1.54) is 177 Å². The maximum atomic E-state index is 2.37. The van der Waals surface area contributed by atoms with Gasteiger partial charge < -0.3 is 0 Å². The third-order valence-corrected chi connectivity index (χ3v) is 25.8. The summed E-state index contributed by atoms with van der Waals surface area (Å²) >= 11 is 0. The average molecular weight is 1750 g/mol. The van der Waals surface area contributed by atoms with Gasteiger partial charge in [0.2, 0.25) is 0 Å². The summed E-state index contributed by atoms with van der Waals surface area (Å²) in [4.78, 5) is 0. The SMILES string of the molecule is CC.CC.CC.CC.CC.CC.CC.CC.CC1Cc2ccccc2C1C.CC1Cc2ccccc2CC1C.CCC(C)c1c2ccccc2cc2ccccc12.CCC(C)c1ccc2cc3ccccc3cc2c1.CCC(C)c1ccc2ccc3ccccc3c2c1.CCC(C)c1ccc2ccccc2c1.CCC(C)c1cccc2ccccc12.CCC(C)c1ccccc1.